The molecule has 0 spiro atoms. The van der Waals surface area contributed by atoms with Gasteiger partial charge >= 0.3 is 0 Å². The maximum Gasteiger partial charge on any atom is 0.0918 e. The summed E-state index contributed by atoms with van der Waals surface area (Å²) >= 11 is 0. The molecule has 1 aliphatic carbocycles. The Morgan fingerprint density at radius 1 is 1.50 bits per heavy atom. The van der Waals surface area contributed by atoms with Crippen molar-refractivity contribution in [3.05, 3.63) is 0 Å². The maximum atomic E-state index is 7.11. The summed E-state index contributed by atoms with van der Waals surface area (Å²) in [6, 6.07) is 0.754. The van der Waals surface area contributed by atoms with Gasteiger partial charge in [-0.05, 0) is 19.9 Å². The second-order valence-electron chi connectivity index (χ2n) is 3.69. The molecule has 0 saturated heterocycles. The minimum absolute atomic E-state index is 0.305. The fraction of sp³-hybridized carbons (Fsp3) is 0.889. The molecule has 1 aliphatic rings. The Kier molecular flexibility index (Phi) is 3.53. The number of rotatable bonds is 4. The Morgan fingerprint density at radius 3 is 2.58 bits per heavy atom. The van der Waals surface area contributed by atoms with Crippen molar-refractivity contribution < 1.29 is 0 Å². The van der Waals surface area contributed by atoms with Crippen LogP contribution in [0.15, 0.2) is 0 Å². The van der Waals surface area contributed by atoms with E-state index in [9.17, 15) is 0 Å². The summed E-state index contributed by atoms with van der Waals surface area (Å²) in [6.45, 7) is 0.944. The van der Waals surface area contributed by atoms with Gasteiger partial charge in [0.05, 0.1) is 5.84 Å². The van der Waals surface area contributed by atoms with Crippen LogP contribution >= 0.6 is 0 Å². The standard InChI is InChI=1S/C9H19N3/c1-12(7-6-9(10)11)8-4-2-3-5-8/h8H,2-7H2,1H3,(H3,10,11). The normalized spacial score (nSPS) is 18.8. The van der Waals surface area contributed by atoms with Crippen LogP contribution in [0.1, 0.15) is 32.1 Å². The van der Waals surface area contributed by atoms with Crippen LogP contribution in [-0.4, -0.2) is 30.4 Å². The SMILES string of the molecule is CN(CCC(=N)N)C1CCCC1. The smallest absolute Gasteiger partial charge is 0.0918 e. The lowest BCUT2D eigenvalue weighted by Crippen LogP contribution is -2.32. The minimum atomic E-state index is 0.305. The van der Waals surface area contributed by atoms with Crippen molar-refractivity contribution >= 4 is 5.84 Å². The lowest BCUT2D eigenvalue weighted by Gasteiger charge is -2.23. The monoisotopic (exact) mass is 169 g/mol. The van der Waals surface area contributed by atoms with E-state index in [1.165, 1.54) is 25.7 Å². The van der Waals surface area contributed by atoms with Gasteiger partial charge in [-0.3, -0.25) is 5.41 Å². The van der Waals surface area contributed by atoms with Gasteiger partial charge in [0.25, 0.3) is 0 Å². The molecule has 3 N–H and O–H groups in total. The van der Waals surface area contributed by atoms with Crippen LogP contribution in [0.5, 0.6) is 0 Å². The number of nitrogens with two attached hydrogens (primary N) is 1. The largest absolute Gasteiger partial charge is 0.388 e. The van der Waals surface area contributed by atoms with E-state index in [2.05, 4.69) is 11.9 Å². The topological polar surface area (TPSA) is 53.1 Å². The second-order valence-corrected chi connectivity index (χ2v) is 3.69. The van der Waals surface area contributed by atoms with Crippen LogP contribution in [0.2, 0.25) is 0 Å². The summed E-state index contributed by atoms with van der Waals surface area (Å²) < 4.78 is 0. The van der Waals surface area contributed by atoms with Crippen LogP contribution < -0.4 is 5.73 Å². The average Bonchev–Trinajstić information content (AvgIpc) is 2.51. The molecule has 0 bridgehead atoms. The van der Waals surface area contributed by atoms with Gasteiger partial charge in [0.2, 0.25) is 0 Å². The van der Waals surface area contributed by atoms with E-state index in [1.807, 2.05) is 0 Å². The molecular weight excluding hydrogens is 150 g/mol. The van der Waals surface area contributed by atoms with E-state index < -0.39 is 0 Å². The number of nitrogens with one attached hydrogen (secondary N) is 1. The molecule has 0 heterocycles. The Hall–Kier alpha value is -0.570. The van der Waals surface area contributed by atoms with Crippen LogP contribution in [0.4, 0.5) is 0 Å². The van der Waals surface area contributed by atoms with Crippen molar-refractivity contribution in [2.75, 3.05) is 13.6 Å². The Bertz CT molecular complexity index is 150. The first-order valence-corrected chi connectivity index (χ1v) is 4.73. The molecule has 1 fully saturated rings. The molecule has 0 aromatic carbocycles. The Balaban J connectivity index is 2.17. The molecule has 1 rings (SSSR count). The van der Waals surface area contributed by atoms with Gasteiger partial charge < -0.3 is 10.6 Å². The molecule has 12 heavy (non-hydrogen) atoms. The first-order chi connectivity index (χ1) is 5.70. The zero-order chi connectivity index (χ0) is 8.97. The van der Waals surface area contributed by atoms with Gasteiger partial charge in [0.15, 0.2) is 0 Å². The first kappa shape index (κ1) is 9.52. The van der Waals surface area contributed by atoms with Crippen molar-refractivity contribution in [1.29, 1.82) is 5.41 Å². The van der Waals surface area contributed by atoms with E-state index in [1.54, 1.807) is 0 Å². The number of hydrogen-bond acceptors (Lipinski definition) is 2. The molecule has 0 atom stereocenters. The van der Waals surface area contributed by atoms with Gasteiger partial charge in [-0.25, -0.2) is 0 Å². The molecule has 1 saturated carbocycles. The van der Waals surface area contributed by atoms with Crippen molar-refractivity contribution in [1.82, 2.24) is 4.90 Å². The number of hydrogen-bond donors (Lipinski definition) is 2. The fourth-order valence-electron chi connectivity index (χ4n) is 1.82. The molecule has 0 radical (unpaired) electrons. The Labute approximate surface area is 74.4 Å². The first-order valence-electron chi connectivity index (χ1n) is 4.73. The van der Waals surface area contributed by atoms with E-state index in [0.717, 1.165) is 12.6 Å². The molecule has 3 nitrogen and oxygen atoms in total. The summed E-state index contributed by atoms with van der Waals surface area (Å²) in [5.74, 6) is 0.305. The van der Waals surface area contributed by atoms with Crippen LogP contribution in [0.25, 0.3) is 0 Å². The van der Waals surface area contributed by atoms with Gasteiger partial charge in [-0.1, -0.05) is 12.8 Å². The highest BCUT2D eigenvalue weighted by atomic mass is 15.1. The highest BCUT2D eigenvalue weighted by Gasteiger charge is 2.18. The summed E-state index contributed by atoms with van der Waals surface area (Å²) in [7, 11) is 2.14. The van der Waals surface area contributed by atoms with Gasteiger partial charge in [0.1, 0.15) is 0 Å². The summed E-state index contributed by atoms with van der Waals surface area (Å²) in [5, 5.41) is 7.11. The van der Waals surface area contributed by atoms with Gasteiger partial charge in [-0.2, -0.15) is 0 Å². The third-order valence-corrected chi connectivity index (χ3v) is 2.68. The summed E-state index contributed by atoms with van der Waals surface area (Å²) in [5.41, 5.74) is 5.30. The fourth-order valence-corrected chi connectivity index (χ4v) is 1.82. The molecule has 3 heteroatoms. The number of nitrogens with zero attached hydrogens (tertiary/aromatic N) is 1. The minimum Gasteiger partial charge on any atom is -0.388 e. The van der Waals surface area contributed by atoms with Crippen LogP contribution in [0.3, 0.4) is 0 Å². The van der Waals surface area contributed by atoms with Crippen molar-refractivity contribution in [2.45, 2.75) is 38.1 Å². The average molecular weight is 169 g/mol. The van der Waals surface area contributed by atoms with E-state index >= 15 is 0 Å². The molecular formula is C9H19N3. The lowest BCUT2D eigenvalue weighted by molar-refractivity contribution is 0.252. The van der Waals surface area contributed by atoms with Crippen molar-refractivity contribution in [2.24, 2.45) is 5.73 Å². The predicted octanol–water partition coefficient (Wildman–Crippen LogP) is 1.19. The lowest BCUT2D eigenvalue weighted by atomic mass is 10.2. The Morgan fingerprint density at radius 2 is 2.08 bits per heavy atom. The predicted molar refractivity (Wildman–Crippen MR) is 51.4 cm³/mol. The van der Waals surface area contributed by atoms with E-state index in [4.69, 9.17) is 11.1 Å². The molecule has 0 aromatic rings. The van der Waals surface area contributed by atoms with Gasteiger partial charge in [0, 0.05) is 19.0 Å². The quantitative estimate of drug-likeness (QED) is 0.490. The molecule has 0 amide bonds. The molecule has 70 valence electrons. The highest BCUT2D eigenvalue weighted by molar-refractivity contribution is 5.76. The number of amidine groups is 1. The molecule has 0 unspecified atom stereocenters. The maximum absolute atomic E-state index is 7.11. The van der Waals surface area contributed by atoms with Crippen LogP contribution in [0, 0.1) is 5.41 Å². The summed E-state index contributed by atoms with van der Waals surface area (Å²) in [6.07, 6.45) is 6.11. The van der Waals surface area contributed by atoms with Crippen molar-refractivity contribution in [3.8, 4) is 0 Å². The highest BCUT2D eigenvalue weighted by Crippen LogP contribution is 2.22. The molecule has 0 aliphatic heterocycles. The zero-order valence-electron chi connectivity index (χ0n) is 7.84. The zero-order valence-corrected chi connectivity index (χ0v) is 7.84. The van der Waals surface area contributed by atoms with E-state index in [-0.39, 0.29) is 0 Å². The van der Waals surface area contributed by atoms with Crippen LogP contribution in [-0.2, 0) is 0 Å². The van der Waals surface area contributed by atoms with E-state index in [0.29, 0.717) is 12.3 Å². The third kappa shape index (κ3) is 2.81. The van der Waals surface area contributed by atoms with Crippen molar-refractivity contribution in [3.63, 3.8) is 0 Å². The second kappa shape index (κ2) is 4.45. The summed E-state index contributed by atoms with van der Waals surface area (Å²) in [4.78, 5) is 2.34. The third-order valence-electron chi connectivity index (χ3n) is 2.68. The van der Waals surface area contributed by atoms with Gasteiger partial charge in [-0.15, -0.1) is 0 Å². The molecule has 0 aromatic heterocycles.